The number of anilines is 1. The normalized spacial score (nSPS) is 9.92. The van der Waals surface area contributed by atoms with Gasteiger partial charge in [-0.2, -0.15) is 0 Å². The molecule has 0 saturated heterocycles. The minimum atomic E-state index is 0. The topological polar surface area (TPSA) is 21.3 Å². The number of para-hydroxylation sites is 2. The van der Waals surface area contributed by atoms with Crippen LogP contribution in [0.5, 0.6) is 5.75 Å². The third-order valence-corrected chi connectivity index (χ3v) is 3.94. The molecule has 0 amide bonds. The predicted octanol–water partition coefficient (Wildman–Crippen LogP) is 5.73. The lowest BCUT2D eigenvalue weighted by Gasteiger charge is -2.12. The first-order valence-electron chi connectivity index (χ1n) is 8.45. The van der Waals surface area contributed by atoms with E-state index in [9.17, 15) is 0 Å². The number of hydrogen-bond donors (Lipinski definition) is 1. The largest absolute Gasteiger partial charge is 0.489 e. The van der Waals surface area contributed by atoms with Gasteiger partial charge in [-0.05, 0) is 42.2 Å². The van der Waals surface area contributed by atoms with Crippen LogP contribution in [0.4, 0.5) is 5.69 Å². The maximum atomic E-state index is 6.02. The first kappa shape index (κ1) is 18.9. The second kappa shape index (κ2) is 10.4. The summed E-state index contributed by atoms with van der Waals surface area (Å²) < 4.78 is 6.02. The van der Waals surface area contributed by atoms with Gasteiger partial charge < -0.3 is 10.1 Å². The van der Waals surface area contributed by atoms with E-state index in [-0.39, 0.29) is 12.4 Å². The van der Waals surface area contributed by atoms with Crippen LogP contribution in [0.25, 0.3) is 0 Å². The molecule has 130 valence electrons. The van der Waals surface area contributed by atoms with Crippen molar-refractivity contribution in [2.24, 2.45) is 0 Å². The molecule has 0 aromatic heterocycles. The number of ether oxygens (including phenoxy) is 1. The van der Waals surface area contributed by atoms with Crippen molar-refractivity contribution < 1.29 is 4.74 Å². The molecule has 2 nitrogen and oxygen atoms in total. The molecule has 3 heteroatoms. The number of rotatable bonds is 8. The summed E-state index contributed by atoms with van der Waals surface area (Å²) in [5, 5.41) is 3.45. The third-order valence-electron chi connectivity index (χ3n) is 3.94. The van der Waals surface area contributed by atoms with Gasteiger partial charge in [-0.15, -0.1) is 12.4 Å². The highest BCUT2D eigenvalue weighted by molar-refractivity contribution is 5.85. The lowest BCUT2D eigenvalue weighted by Crippen LogP contribution is -2.04. The van der Waals surface area contributed by atoms with Crippen LogP contribution < -0.4 is 10.1 Å². The van der Waals surface area contributed by atoms with E-state index in [1.165, 1.54) is 16.8 Å². The number of nitrogens with one attached hydrogen (secondary N) is 1. The highest BCUT2D eigenvalue weighted by atomic mass is 35.5. The average molecular weight is 354 g/mol. The molecule has 0 unspecified atom stereocenters. The Bertz CT molecular complexity index is 731. The number of hydrogen-bond acceptors (Lipinski definition) is 2. The molecule has 1 N–H and O–H groups in total. The van der Waals surface area contributed by atoms with Crippen LogP contribution in [-0.2, 0) is 13.0 Å². The maximum absolute atomic E-state index is 6.02. The van der Waals surface area contributed by atoms with E-state index in [4.69, 9.17) is 4.74 Å². The van der Waals surface area contributed by atoms with Crippen LogP contribution in [0, 0.1) is 0 Å². The van der Waals surface area contributed by atoms with Gasteiger partial charge in [-0.1, -0.05) is 66.7 Å². The Balaban J connectivity index is 0.00000225. The first-order chi connectivity index (χ1) is 11.9. The van der Waals surface area contributed by atoms with Crippen molar-refractivity contribution in [3.05, 3.63) is 96.1 Å². The van der Waals surface area contributed by atoms with Gasteiger partial charge >= 0.3 is 0 Å². The van der Waals surface area contributed by atoms with Crippen LogP contribution in [0.15, 0.2) is 84.9 Å². The molecule has 0 aliphatic heterocycles. The summed E-state index contributed by atoms with van der Waals surface area (Å²) in [4.78, 5) is 0. The Morgan fingerprint density at radius 3 is 2.12 bits per heavy atom. The molecule has 0 radical (unpaired) electrons. The fraction of sp³-hybridized carbons (Fsp3) is 0.182. The number of aryl methyl sites for hydroxylation is 1. The van der Waals surface area contributed by atoms with Gasteiger partial charge in [-0.3, -0.25) is 0 Å². The smallest absolute Gasteiger partial charge is 0.122 e. The summed E-state index contributed by atoms with van der Waals surface area (Å²) in [7, 11) is 0. The van der Waals surface area contributed by atoms with Crippen LogP contribution >= 0.6 is 12.4 Å². The van der Waals surface area contributed by atoms with Gasteiger partial charge in [0.1, 0.15) is 12.4 Å². The van der Waals surface area contributed by atoms with Crippen molar-refractivity contribution in [3.63, 3.8) is 0 Å². The standard InChI is InChI=1S/C22H23NO.ClH/c1-3-10-19(11-4-1)18-24-22-16-8-7-12-20(22)13-9-17-23-21-14-5-2-6-15-21;/h1-8,10-12,14-16,23H,9,13,17-18H2;1H. The minimum absolute atomic E-state index is 0. The van der Waals surface area contributed by atoms with E-state index in [2.05, 4.69) is 59.9 Å². The zero-order valence-electron chi connectivity index (χ0n) is 14.2. The Morgan fingerprint density at radius 1 is 0.720 bits per heavy atom. The van der Waals surface area contributed by atoms with E-state index in [1.54, 1.807) is 0 Å². The molecular formula is C22H24ClNO. The van der Waals surface area contributed by atoms with Gasteiger partial charge in [0, 0.05) is 12.2 Å². The third kappa shape index (κ3) is 6.17. The molecule has 0 aliphatic carbocycles. The lowest BCUT2D eigenvalue weighted by molar-refractivity contribution is 0.303. The van der Waals surface area contributed by atoms with Crippen molar-refractivity contribution in [1.29, 1.82) is 0 Å². The summed E-state index contributed by atoms with van der Waals surface area (Å²) in [5.74, 6) is 0.987. The van der Waals surface area contributed by atoms with E-state index in [0.29, 0.717) is 6.61 Å². The summed E-state index contributed by atoms with van der Waals surface area (Å²) in [6, 6.07) is 28.9. The second-order valence-electron chi connectivity index (χ2n) is 5.78. The monoisotopic (exact) mass is 353 g/mol. The molecule has 3 aromatic carbocycles. The predicted molar refractivity (Wildman–Crippen MR) is 108 cm³/mol. The molecule has 25 heavy (non-hydrogen) atoms. The van der Waals surface area contributed by atoms with Crippen LogP contribution in [0.2, 0.25) is 0 Å². The van der Waals surface area contributed by atoms with Gasteiger partial charge in [0.25, 0.3) is 0 Å². The highest BCUT2D eigenvalue weighted by Crippen LogP contribution is 2.21. The maximum Gasteiger partial charge on any atom is 0.122 e. The van der Waals surface area contributed by atoms with Crippen LogP contribution in [-0.4, -0.2) is 6.54 Å². The van der Waals surface area contributed by atoms with Gasteiger partial charge in [0.05, 0.1) is 0 Å². The molecule has 0 spiro atoms. The highest BCUT2D eigenvalue weighted by Gasteiger charge is 2.03. The van der Waals surface area contributed by atoms with Crippen molar-refractivity contribution >= 4 is 18.1 Å². The van der Waals surface area contributed by atoms with Crippen LogP contribution in [0.3, 0.4) is 0 Å². The van der Waals surface area contributed by atoms with E-state index >= 15 is 0 Å². The zero-order chi connectivity index (χ0) is 16.5. The lowest BCUT2D eigenvalue weighted by atomic mass is 10.1. The summed E-state index contributed by atoms with van der Waals surface area (Å²) >= 11 is 0. The van der Waals surface area contributed by atoms with Crippen molar-refractivity contribution in [2.45, 2.75) is 19.4 Å². The number of halogens is 1. The quantitative estimate of drug-likeness (QED) is 0.522. The van der Waals surface area contributed by atoms with Gasteiger partial charge in [0.2, 0.25) is 0 Å². The Hall–Kier alpha value is -2.45. The summed E-state index contributed by atoms with van der Waals surface area (Å²) in [5.41, 5.74) is 3.63. The molecule has 0 bridgehead atoms. The summed E-state index contributed by atoms with van der Waals surface area (Å²) in [6.45, 7) is 1.57. The molecule has 0 fully saturated rings. The van der Waals surface area contributed by atoms with E-state index < -0.39 is 0 Å². The molecule has 0 saturated carbocycles. The molecule has 0 aliphatic rings. The Labute approximate surface area is 156 Å². The Morgan fingerprint density at radius 2 is 1.36 bits per heavy atom. The first-order valence-corrected chi connectivity index (χ1v) is 8.45. The zero-order valence-corrected chi connectivity index (χ0v) is 15.0. The van der Waals surface area contributed by atoms with Crippen LogP contribution in [0.1, 0.15) is 17.5 Å². The fourth-order valence-electron chi connectivity index (χ4n) is 2.65. The van der Waals surface area contributed by atoms with Gasteiger partial charge in [-0.25, -0.2) is 0 Å². The fourth-order valence-corrected chi connectivity index (χ4v) is 2.65. The average Bonchev–Trinajstić information content (AvgIpc) is 2.66. The van der Waals surface area contributed by atoms with Crippen molar-refractivity contribution in [1.82, 2.24) is 0 Å². The summed E-state index contributed by atoms with van der Waals surface area (Å²) in [6.07, 6.45) is 2.07. The van der Waals surface area contributed by atoms with Gasteiger partial charge in [0.15, 0.2) is 0 Å². The molecule has 3 aromatic rings. The number of benzene rings is 3. The van der Waals surface area contributed by atoms with Crippen molar-refractivity contribution in [3.8, 4) is 5.75 Å². The minimum Gasteiger partial charge on any atom is -0.489 e. The van der Waals surface area contributed by atoms with E-state index in [0.717, 1.165) is 25.1 Å². The molecule has 3 rings (SSSR count). The molecule has 0 heterocycles. The second-order valence-corrected chi connectivity index (χ2v) is 5.78. The molecular weight excluding hydrogens is 330 g/mol. The van der Waals surface area contributed by atoms with E-state index in [1.807, 2.05) is 30.3 Å². The van der Waals surface area contributed by atoms with Crippen molar-refractivity contribution in [2.75, 3.05) is 11.9 Å². The SMILES string of the molecule is Cl.c1ccc(COc2ccccc2CCCNc2ccccc2)cc1. The Kier molecular flexibility index (Phi) is 7.87. The molecule has 0 atom stereocenters.